The summed E-state index contributed by atoms with van der Waals surface area (Å²) in [6, 6.07) is 3.78. The molecule has 4 heteroatoms. The van der Waals surface area contributed by atoms with E-state index < -0.39 is 0 Å². The van der Waals surface area contributed by atoms with Gasteiger partial charge in [-0.3, -0.25) is 4.79 Å². The average Bonchev–Trinajstić information content (AvgIpc) is 2.32. The molecular formula is C13H19IN2O. The highest BCUT2D eigenvalue weighted by Gasteiger charge is 2.16. The van der Waals surface area contributed by atoms with E-state index in [-0.39, 0.29) is 11.8 Å². The van der Waals surface area contributed by atoms with Crippen molar-refractivity contribution in [3.05, 3.63) is 21.9 Å². The molecule has 0 aliphatic rings. The molecule has 1 heterocycles. The lowest BCUT2D eigenvalue weighted by atomic mass is 9.97. The largest absolute Gasteiger partial charge is 0.310 e. The zero-order valence-electron chi connectivity index (χ0n) is 10.4. The maximum atomic E-state index is 12.0. The van der Waals surface area contributed by atoms with E-state index in [9.17, 15) is 4.79 Å². The Hall–Kier alpha value is -0.650. The Morgan fingerprint density at radius 2 is 2.00 bits per heavy atom. The van der Waals surface area contributed by atoms with Gasteiger partial charge < -0.3 is 5.32 Å². The molecule has 0 spiro atoms. The molecule has 0 aromatic carbocycles. The van der Waals surface area contributed by atoms with E-state index in [1.807, 2.05) is 12.1 Å². The molecule has 0 fully saturated rings. The Bertz CT molecular complexity index is 345. The number of carbonyl (C=O) groups excluding carboxylic acids is 1. The Labute approximate surface area is 117 Å². The molecule has 3 nitrogen and oxygen atoms in total. The first-order valence-electron chi connectivity index (χ1n) is 6.09. The van der Waals surface area contributed by atoms with Gasteiger partial charge in [-0.25, -0.2) is 4.98 Å². The SMILES string of the molecule is CCCC(CCC)C(=O)Nc1ccc(I)cn1. The molecule has 0 atom stereocenters. The van der Waals surface area contributed by atoms with Crippen LogP contribution in [0, 0.1) is 9.49 Å². The molecule has 0 saturated heterocycles. The fourth-order valence-corrected chi connectivity index (χ4v) is 2.10. The van der Waals surface area contributed by atoms with Gasteiger partial charge in [0, 0.05) is 15.7 Å². The zero-order chi connectivity index (χ0) is 12.7. The van der Waals surface area contributed by atoms with Crippen LogP contribution in [-0.4, -0.2) is 10.9 Å². The number of nitrogens with zero attached hydrogens (tertiary/aromatic N) is 1. The predicted octanol–water partition coefficient (Wildman–Crippen LogP) is 3.84. The van der Waals surface area contributed by atoms with E-state index in [1.54, 1.807) is 6.20 Å². The molecule has 17 heavy (non-hydrogen) atoms. The van der Waals surface area contributed by atoms with Crippen LogP contribution in [0.1, 0.15) is 39.5 Å². The molecule has 0 saturated carbocycles. The molecule has 1 aromatic rings. The summed E-state index contributed by atoms with van der Waals surface area (Å²) in [4.78, 5) is 16.2. The van der Waals surface area contributed by atoms with Gasteiger partial charge in [0.05, 0.1) is 0 Å². The van der Waals surface area contributed by atoms with Gasteiger partial charge in [-0.15, -0.1) is 0 Å². The third kappa shape index (κ3) is 5.02. The molecule has 0 aliphatic carbocycles. The summed E-state index contributed by atoms with van der Waals surface area (Å²) in [5.41, 5.74) is 0. The van der Waals surface area contributed by atoms with Gasteiger partial charge in [0.25, 0.3) is 0 Å². The number of amides is 1. The number of rotatable bonds is 6. The topological polar surface area (TPSA) is 42.0 Å². The summed E-state index contributed by atoms with van der Waals surface area (Å²) in [5, 5.41) is 2.89. The predicted molar refractivity (Wildman–Crippen MR) is 78.9 cm³/mol. The quantitative estimate of drug-likeness (QED) is 0.796. The number of hydrogen-bond donors (Lipinski definition) is 1. The first-order chi connectivity index (χ1) is 8.17. The molecule has 0 aliphatic heterocycles. The number of halogens is 1. The second kappa shape index (κ2) is 7.63. The van der Waals surface area contributed by atoms with Crippen LogP contribution in [-0.2, 0) is 4.79 Å². The number of pyridine rings is 1. The monoisotopic (exact) mass is 346 g/mol. The van der Waals surface area contributed by atoms with E-state index in [4.69, 9.17) is 0 Å². The van der Waals surface area contributed by atoms with Gasteiger partial charge in [-0.05, 0) is 47.6 Å². The van der Waals surface area contributed by atoms with Crippen molar-refractivity contribution in [3.63, 3.8) is 0 Å². The van der Waals surface area contributed by atoms with Crippen molar-refractivity contribution in [2.75, 3.05) is 5.32 Å². The van der Waals surface area contributed by atoms with Crippen LogP contribution < -0.4 is 5.32 Å². The normalized spacial score (nSPS) is 10.6. The summed E-state index contributed by atoms with van der Waals surface area (Å²) in [6.45, 7) is 4.22. The Balaban J connectivity index is 2.59. The average molecular weight is 346 g/mol. The van der Waals surface area contributed by atoms with Crippen molar-refractivity contribution in [3.8, 4) is 0 Å². The molecular weight excluding hydrogens is 327 g/mol. The molecule has 0 radical (unpaired) electrons. The number of anilines is 1. The van der Waals surface area contributed by atoms with E-state index in [0.29, 0.717) is 5.82 Å². The van der Waals surface area contributed by atoms with Crippen LogP contribution in [0.15, 0.2) is 18.3 Å². The van der Waals surface area contributed by atoms with Gasteiger partial charge in [-0.1, -0.05) is 26.7 Å². The van der Waals surface area contributed by atoms with Crippen LogP contribution >= 0.6 is 22.6 Å². The molecule has 94 valence electrons. The lowest BCUT2D eigenvalue weighted by molar-refractivity contribution is -0.120. The Morgan fingerprint density at radius 3 is 2.47 bits per heavy atom. The second-order valence-electron chi connectivity index (χ2n) is 4.13. The van der Waals surface area contributed by atoms with Crippen LogP contribution in [0.2, 0.25) is 0 Å². The lowest BCUT2D eigenvalue weighted by Gasteiger charge is -2.14. The molecule has 0 bridgehead atoms. The fraction of sp³-hybridized carbons (Fsp3) is 0.538. The van der Waals surface area contributed by atoms with Crippen LogP contribution in [0.25, 0.3) is 0 Å². The second-order valence-corrected chi connectivity index (χ2v) is 5.37. The minimum Gasteiger partial charge on any atom is -0.310 e. The highest BCUT2D eigenvalue weighted by atomic mass is 127. The molecule has 1 N–H and O–H groups in total. The van der Waals surface area contributed by atoms with Crippen molar-refractivity contribution in [1.29, 1.82) is 0 Å². The molecule has 0 unspecified atom stereocenters. The Morgan fingerprint density at radius 1 is 1.35 bits per heavy atom. The van der Waals surface area contributed by atoms with Gasteiger partial charge in [0.2, 0.25) is 5.91 Å². The minimum atomic E-state index is 0.0995. The van der Waals surface area contributed by atoms with Gasteiger partial charge in [0.15, 0.2) is 0 Å². The molecule has 1 rings (SSSR count). The standard InChI is InChI=1S/C13H19IN2O/c1-3-5-10(6-4-2)13(17)16-12-8-7-11(14)9-15-12/h7-10H,3-6H2,1-2H3,(H,15,16,17). The highest BCUT2D eigenvalue weighted by molar-refractivity contribution is 14.1. The zero-order valence-corrected chi connectivity index (χ0v) is 12.5. The summed E-state index contributed by atoms with van der Waals surface area (Å²) in [7, 11) is 0. The smallest absolute Gasteiger partial charge is 0.228 e. The van der Waals surface area contributed by atoms with E-state index in [0.717, 1.165) is 29.3 Å². The third-order valence-corrected chi connectivity index (χ3v) is 3.26. The highest BCUT2D eigenvalue weighted by Crippen LogP contribution is 2.16. The third-order valence-electron chi connectivity index (χ3n) is 2.62. The van der Waals surface area contributed by atoms with Crippen molar-refractivity contribution in [2.45, 2.75) is 39.5 Å². The van der Waals surface area contributed by atoms with E-state index >= 15 is 0 Å². The van der Waals surface area contributed by atoms with Crippen molar-refractivity contribution in [2.24, 2.45) is 5.92 Å². The molecule has 1 amide bonds. The fourth-order valence-electron chi connectivity index (χ4n) is 1.78. The number of carbonyl (C=O) groups is 1. The summed E-state index contributed by atoms with van der Waals surface area (Å²) in [5.74, 6) is 0.862. The number of aromatic nitrogens is 1. The first-order valence-corrected chi connectivity index (χ1v) is 7.17. The van der Waals surface area contributed by atoms with Crippen molar-refractivity contribution in [1.82, 2.24) is 4.98 Å². The Kier molecular flexibility index (Phi) is 6.47. The van der Waals surface area contributed by atoms with Gasteiger partial charge in [0.1, 0.15) is 5.82 Å². The number of nitrogens with one attached hydrogen (secondary N) is 1. The maximum absolute atomic E-state index is 12.0. The maximum Gasteiger partial charge on any atom is 0.228 e. The van der Waals surface area contributed by atoms with Crippen LogP contribution in [0.3, 0.4) is 0 Å². The van der Waals surface area contributed by atoms with E-state index in [1.165, 1.54) is 0 Å². The summed E-state index contributed by atoms with van der Waals surface area (Å²) in [6.07, 6.45) is 5.73. The van der Waals surface area contributed by atoms with Crippen molar-refractivity contribution >= 4 is 34.3 Å². The minimum absolute atomic E-state index is 0.0995. The van der Waals surface area contributed by atoms with E-state index in [2.05, 4.69) is 46.7 Å². The van der Waals surface area contributed by atoms with Crippen LogP contribution in [0.4, 0.5) is 5.82 Å². The number of hydrogen-bond acceptors (Lipinski definition) is 2. The van der Waals surface area contributed by atoms with Crippen molar-refractivity contribution < 1.29 is 4.79 Å². The lowest BCUT2D eigenvalue weighted by Crippen LogP contribution is -2.23. The van der Waals surface area contributed by atoms with Gasteiger partial charge in [-0.2, -0.15) is 0 Å². The summed E-state index contributed by atoms with van der Waals surface area (Å²) < 4.78 is 1.07. The molecule has 1 aromatic heterocycles. The van der Waals surface area contributed by atoms with Crippen LogP contribution in [0.5, 0.6) is 0 Å². The first kappa shape index (κ1) is 14.4. The summed E-state index contributed by atoms with van der Waals surface area (Å²) >= 11 is 2.20. The van der Waals surface area contributed by atoms with Gasteiger partial charge >= 0.3 is 0 Å².